The summed E-state index contributed by atoms with van der Waals surface area (Å²) in [5.41, 5.74) is -0.425. The second-order valence-corrected chi connectivity index (χ2v) is 6.30. The fourth-order valence-corrected chi connectivity index (χ4v) is 2.09. The fourth-order valence-electron chi connectivity index (χ4n) is 2.09. The number of hydrogen-bond acceptors (Lipinski definition) is 4. The average Bonchev–Trinajstić information content (AvgIpc) is 2.27. The molecule has 1 rings (SSSR count). The summed E-state index contributed by atoms with van der Waals surface area (Å²) in [6.45, 7) is 11.7. The van der Waals surface area contributed by atoms with Crippen LogP contribution in [0.2, 0.25) is 0 Å². The van der Waals surface area contributed by atoms with Gasteiger partial charge < -0.3 is 14.7 Å². The molecule has 0 aromatic heterocycles. The van der Waals surface area contributed by atoms with Gasteiger partial charge in [0.2, 0.25) is 0 Å². The first kappa shape index (κ1) is 16.2. The van der Waals surface area contributed by atoms with Crippen molar-refractivity contribution in [1.82, 2.24) is 9.80 Å². The second-order valence-electron chi connectivity index (χ2n) is 6.30. The van der Waals surface area contributed by atoms with Gasteiger partial charge >= 0.3 is 6.09 Å². The monoisotopic (exact) mass is 272 g/mol. The molecule has 1 saturated heterocycles. The maximum atomic E-state index is 11.9. The zero-order chi connectivity index (χ0) is 14.5. The molecule has 0 radical (unpaired) electrons. The number of rotatable bonds is 4. The molecule has 1 unspecified atom stereocenters. The van der Waals surface area contributed by atoms with Crippen molar-refractivity contribution in [2.75, 3.05) is 32.7 Å². The molecule has 0 saturated carbocycles. The number of aliphatic hydroxyl groups is 1. The summed E-state index contributed by atoms with van der Waals surface area (Å²) in [5.74, 6) is 0. The standard InChI is InChI=1S/C14H28N2O3/c1-12(17)6-5-7-15-8-10-16(11-9-15)13(18)19-14(2,3)4/h12,17H,5-11H2,1-4H3. The molecule has 0 aromatic carbocycles. The molecule has 5 heteroatoms. The highest BCUT2D eigenvalue weighted by atomic mass is 16.6. The van der Waals surface area contributed by atoms with Crippen molar-refractivity contribution in [3.63, 3.8) is 0 Å². The predicted octanol–water partition coefficient (Wildman–Crippen LogP) is 1.70. The summed E-state index contributed by atoms with van der Waals surface area (Å²) in [5, 5.41) is 9.22. The highest BCUT2D eigenvalue weighted by Gasteiger charge is 2.25. The van der Waals surface area contributed by atoms with Crippen LogP contribution >= 0.6 is 0 Å². The molecule has 5 nitrogen and oxygen atoms in total. The summed E-state index contributed by atoms with van der Waals surface area (Å²) >= 11 is 0. The van der Waals surface area contributed by atoms with E-state index in [0.717, 1.165) is 45.6 Å². The van der Waals surface area contributed by atoms with Crippen LogP contribution in [0.4, 0.5) is 4.79 Å². The number of ether oxygens (including phenoxy) is 1. The van der Waals surface area contributed by atoms with Gasteiger partial charge in [-0.25, -0.2) is 4.79 Å². The van der Waals surface area contributed by atoms with Gasteiger partial charge in [-0.2, -0.15) is 0 Å². The maximum Gasteiger partial charge on any atom is 0.410 e. The third kappa shape index (κ3) is 6.78. The van der Waals surface area contributed by atoms with Gasteiger partial charge in [0.15, 0.2) is 0 Å². The Kier molecular flexibility index (Phi) is 6.07. The summed E-state index contributed by atoms with van der Waals surface area (Å²) in [7, 11) is 0. The Morgan fingerprint density at radius 3 is 2.32 bits per heavy atom. The van der Waals surface area contributed by atoms with Crippen LogP contribution in [-0.4, -0.2) is 65.4 Å². The number of carbonyl (C=O) groups excluding carboxylic acids is 1. The van der Waals surface area contributed by atoms with Crippen LogP contribution in [0.15, 0.2) is 0 Å². The highest BCUT2D eigenvalue weighted by molar-refractivity contribution is 5.68. The van der Waals surface area contributed by atoms with Gasteiger partial charge in [-0.05, 0) is 47.1 Å². The largest absolute Gasteiger partial charge is 0.444 e. The minimum absolute atomic E-state index is 0.212. The Morgan fingerprint density at radius 2 is 1.84 bits per heavy atom. The van der Waals surface area contributed by atoms with Crippen LogP contribution in [0.3, 0.4) is 0 Å². The van der Waals surface area contributed by atoms with Gasteiger partial charge in [-0.15, -0.1) is 0 Å². The lowest BCUT2D eigenvalue weighted by molar-refractivity contribution is 0.0142. The van der Waals surface area contributed by atoms with Crippen molar-refractivity contribution >= 4 is 6.09 Å². The van der Waals surface area contributed by atoms with E-state index in [2.05, 4.69) is 4.90 Å². The highest BCUT2D eigenvalue weighted by Crippen LogP contribution is 2.12. The zero-order valence-corrected chi connectivity index (χ0v) is 12.7. The van der Waals surface area contributed by atoms with E-state index in [0.29, 0.717) is 0 Å². The van der Waals surface area contributed by atoms with Crippen LogP contribution in [0.1, 0.15) is 40.5 Å². The van der Waals surface area contributed by atoms with E-state index in [1.165, 1.54) is 0 Å². The Bertz CT molecular complexity index is 279. The Labute approximate surface area is 116 Å². The van der Waals surface area contributed by atoms with Gasteiger partial charge in [0.05, 0.1) is 6.10 Å². The van der Waals surface area contributed by atoms with Gasteiger partial charge in [0.25, 0.3) is 0 Å². The molecule has 1 amide bonds. The van der Waals surface area contributed by atoms with Gasteiger partial charge in [0, 0.05) is 26.2 Å². The fraction of sp³-hybridized carbons (Fsp3) is 0.929. The average molecular weight is 272 g/mol. The van der Waals surface area contributed by atoms with E-state index in [1.54, 1.807) is 4.90 Å². The minimum Gasteiger partial charge on any atom is -0.444 e. The van der Waals surface area contributed by atoms with Crippen LogP contribution in [0.5, 0.6) is 0 Å². The normalized spacial score (nSPS) is 19.3. The first-order valence-corrected chi connectivity index (χ1v) is 7.16. The molecule has 1 N–H and O–H groups in total. The Balaban J connectivity index is 2.23. The van der Waals surface area contributed by atoms with Crippen molar-refractivity contribution in [2.45, 2.75) is 52.2 Å². The molecule has 1 heterocycles. The summed E-state index contributed by atoms with van der Waals surface area (Å²) in [4.78, 5) is 16.0. The van der Waals surface area contributed by atoms with Crippen molar-refractivity contribution in [2.24, 2.45) is 0 Å². The van der Waals surface area contributed by atoms with Crippen LogP contribution in [0.25, 0.3) is 0 Å². The first-order chi connectivity index (χ1) is 8.78. The quantitative estimate of drug-likeness (QED) is 0.846. The van der Waals surface area contributed by atoms with E-state index in [4.69, 9.17) is 4.74 Å². The van der Waals surface area contributed by atoms with Crippen molar-refractivity contribution < 1.29 is 14.6 Å². The van der Waals surface area contributed by atoms with Gasteiger partial charge in [0.1, 0.15) is 5.60 Å². The first-order valence-electron chi connectivity index (χ1n) is 7.16. The smallest absolute Gasteiger partial charge is 0.410 e. The summed E-state index contributed by atoms with van der Waals surface area (Å²) in [6, 6.07) is 0. The molecular weight excluding hydrogens is 244 g/mol. The number of hydrogen-bond donors (Lipinski definition) is 1. The van der Waals surface area contributed by atoms with E-state index in [-0.39, 0.29) is 12.2 Å². The molecular formula is C14H28N2O3. The van der Waals surface area contributed by atoms with E-state index in [1.807, 2.05) is 27.7 Å². The molecule has 0 aromatic rings. The summed E-state index contributed by atoms with van der Waals surface area (Å²) in [6.07, 6.45) is 1.41. The molecule has 1 aliphatic heterocycles. The second kappa shape index (κ2) is 7.10. The third-order valence-electron chi connectivity index (χ3n) is 3.12. The lowest BCUT2D eigenvalue weighted by Gasteiger charge is -2.35. The van der Waals surface area contributed by atoms with Crippen LogP contribution in [-0.2, 0) is 4.74 Å². The topological polar surface area (TPSA) is 53.0 Å². The van der Waals surface area contributed by atoms with E-state index >= 15 is 0 Å². The Hall–Kier alpha value is -0.810. The Morgan fingerprint density at radius 1 is 1.26 bits per heavy atom. The summed E-state index contributed by atoms with van der Waals surface area (Å²) < 4.78 is 5.36. The predicted molar refractivity (Wildman–Crippen MR) is 75.2 cm³/mol. The van der Waals surface area contributed by atoms with Crippen LogP contribution < -0.4 is 0 Å². The zero-order valence-electron chi connectivity index (χ0n) is 12.7. The number of piperazine rings is 1. The van der Waals surface area contributed by atoms with Crippen molar-refractivity contribution in [3.8, 4) is 0 Å². The lowest BCUT2D eigenvalue weighted by Crippen LogP contribution is -2.50. The molecule has 1 fully saturated rings. The van der Waals surface area contributed by atoms with E-state index in [9.17, 15) is 9.90 Å². The number of aliphatic hydroxyl groups excluding tert-OH is 1. The maximum absolute atomic E-state index is 11.9. The number of nitrogens with zero attached hydrogens (tertiary/aromatic N) is 2. The van der Waals surface area contributed by atoms with Gasteiger partial charge in [-0.3, -0.25) is 4.90 Å². The SMILES string of the molecule is CC(O)CCCN1CCN(C(=O)OC(C)(C)C)CC1. The van der Waals surface area contributed by atoms with Gasteiger partial charge in [-0.1, -0.05) is 0 Å². The minimum atomic E-state index is -0.425. The molecule has 112 valence electrons. The van der Waals surface area contributed by atoms with Crippen LogP contribution in [0, 0.1) is 0 Å². The molecule has 0 spiro atoms. The molecule has 0 bridgehead atoms. The van der Waals surface area contributed by atoms with Crippen molar-refractivity contribution in [1.29, 1.82) is 0 Å². The number of amides is 1. The molecule has 19 heavy (non-hydrogen) atoms. The molecule has 1 atom stereocenters. The van der Waals surface area contributed by atoms with E-state index < -0.39 is 5.60 Å². The lowest BCUT2D eigenvalue weighted by atomic mass is 10.2. The molecule has 0 aliphatic carbocycles. The molecule has 1 aliphatic rings. The van der Waals surface area contributed by atoms with Crippen molar-refractivity contribution in [3.05, 3.63) is 0 Å². The number of carbonyl (C=O) groups is 1. The third-order valence-corrected chi connectivity index (χ3v) is 3.12.